The van der Waals surface area contributed by atoms with Crippen LogP contribution in [0.3, 0.4) is 0 Å². The maximum atomic E-state index is 13.2. The predicted molar refractivity (Wildman–Crippen MR) is 99.1 cm³/mol. The monoisotopic (exact) mass is 422 g/mol. The number of nitrogens with one attached hydrogen (secondary N) is 2. The van der Waals surface area contributed by atoms with Crippen molar-refractivity contribution in [1.29, 1.82) is 0 Å². The van der Waals surface area contributed by atoms with E-state index in [1.54, 1.807) is 5.01 Å². The molecule has 30 heavy (non-hydrogen) atoms. The highest BCUT2D eigenvalue weighted by atomic mass is 19.4. The highest BCUT2D eigenvalue weighted by molar-refractivity contribution is 5.96. The Hall–Kier alpha value is -3.21. The van der Waals surface area contributed by atoms with Gasteiger partial charge in [0.15, 0.2) is 5.82 Å². The molecular formula is C19H18F4N6O. The molecule has 0 bridgehead atoms. The minimum atomic E-state index is -4.53. The van der Waals surface area contributed by atoms with Gasteiger partial charge < -0.3 is 10.3 Å². The van der Waals surface area contributed by atoms with E-state index in [1.807, 2.05) is 6.92 Å². The minimum absolute atomic E-state index is 0.0189. The van der Waals surface area contributed by atoms with Crippen molar-refractivity contribution in [3.63, 3.8) is 0 Å². The summed E-state index contributed by atoms with van der Waals surface area (Å²) in [6.45, 7) is 3.28. The lowest BCUT2D eigenvalue weighted by molar-refractivity contribution is -0.138. The molecule has 0 saturated heterocycles. The Morgan fingerprint density at radius 1 is 1.23 bits per heavy atom. The van der Waals surface area contributed by atoms with Crippen molar-refractivity contribution in [2.75, 3.05) is 11.6 Å². The molecule has 0 radical (unpaired) electrons. The van der Waals surface area contributed by atoms with E-state index in [4.69, 9.17) is 0 Å². The van der Waals surface area contributed by atoms with Crippen LogP contribution in [0.1, 0.15) is 34.8 Å². The highest BCUT2D eigenvalue weighted by Gasteiger charge is 2.38. The van der Waals surface area contributed by atoms with Gasteiger partial charge in [0.25, 0.3) is 5.91 Å². The lowest BCUT2D eigenvalue weighted by Gasteiger charge is -2.35. The van der Waals surface area contributed by atoms with Crippen LogP contribution in [0.15, 0.2) is 42.0 Å². The third kappa shape index (κ3) is 3.45. The van der Waals surface area contributed by atoms with E-state index in [2.05, 4.69) is 20.9 Å². The normalized spacial score (nSPS) is 19.1. The Labute approximate surface area is 169 Å². The molecule has 1 atom stereocenters. The molecule has 1 unspecified atom stereocenters. The summed E-state index contributed by atoms with van der Waals surface area (Å²) in [6, 6.07) is 3.32. The standard InChI is InChI=1S/C19H18F4N6O/c1-10-6-16-15(26-27-29(16)18-24-7-12(20)8-25-18)9-28(10)17(30)13-4-3-5-14(11(13)2)19(21,22)23/h3-5,7-8,10,26-27H,6,9H2,1-2H3. The summed E-state index contributed by atoms with van der Waals surface area (Å²) in [5.41, 5.74) is 6.35. The molecule has 1 amide bonds. The third-order valence-electron chi connectivity index (χ3n) is 5.22. The van der Waals surface area contributed by atoms with E-state index in [0.717, 1.165) is 24.2 Å². The molecule has 4 rings (SSSR count). The van der Waals surface area contributed by atoms with Crippen LogP contribution < -0.4 is 16.0 Å². The summed E-state index contributed by atoms with van der Waals surface area (Å²) >= 11 is 0. The zero-order valence-electron chi connectivity index (χ0n) is 16.1. The molecule has 1 aromatic carbocycles. The Kier molecular flexibility index (Phi) is 4.85. The minimum Gasteiger partial charge on any atom is -0.330 e. The van der Waals surface area contributed by atoms with Gasteiger partial charge in [-0.2, -0.15) is 13.2 Å². The zero-order chi connectivity index (χ0) is 21.6. The number of hydrogen-bond donors (Lipinski definition) is 2. The van der Waals surface area contributed by atoms with Crippen molar-refractivity contribution in [2.45, 2.75) is 32.5 Å². The highest BCUT2D eigenvalue weighted by Crippen LogP contribution is 2.34. The van der Waals surface area contributed by atoms with Gasteiger partial charge in [-0.1, -0.05) is 6.07 Å². The van der Waals surface area contributed by atoms with Crippen LogP contribution in [0.4, 0.5) is 23.5 Å². The first-order valence-electron chi connectivity index (χ1n) is 9.16. The number of alkyl halides is 3. The van der Waals surface area contributed by atoms with E-state index in [0.29, 0.717) is 12.1 Å². The molecule has 0 spiro atoms. The first kappa shape index (κ1) is 20.1. The van der Waals surface area contributed by atoms with Gasteiger partial charge in [0.05, 0.1) is 35.9 Å². The number of hydrogen-bond acceptors (Lipinski definition) is 6. The number of benzene rings is 1. The number of hydrazine groups is 2. The average Bonchev–Trinajstić information content (AvgIpc) is 3.09. The molecule has 3 heterocycles. The first-order valence-corrected chi connectivity index (χ1v) is 9.16. The molecule has 0 fully saturated rings. The average molecular weight is 422 g/mol. The van der Waals surface area contributed by atoms with Gasteiger partial charge in [-0.25, -0.2) is 19.4 Å². The Morgan fingerprint density at radius 3 is 2.60 bits per heavy atom. The van der Waals surface area contributed by atoms with Crippen LogP contribution in [0.5, 0.6) is 0 Å². The number of rotatable bonds is 2. The molecule has 2 N–H and O–H groups in total. The zero-order valence-corrected chi connectivity index (χ0v) is 16.1. The quantitative estimate of drug-likeness (QED) is 0.726. The van der Waals surface area contributed by atoms with E-state index in [-0.39, 0.29) is 29.7 Å². The molecule has 2 aliphatic rings. The first-order chi connectivity index (χ1) is 14.2. The van der Waals surface area contributed by atoms with Gasteiger partial charge >= 0.3 is 6.18 Å². The maximum absolute atomic E-state index is 13.2. The smallest absolute Gasteiger partial charge is 0.330 e. The van der Waals surface area contributed by atoms with E-state index < -0.39 is 23.5 Å². The van der Waals surface area contributed by atoms with Gasteiger partial charge in [0, 0.05) is 18.0 Å². The number of nitrogens with zero attached hydrogens (tertiary/aromatic N) is 4. The van der Waals surface area contributed by atoms with Crippen LogP contribution in [0, 0.1) is 12.7 Å². The topological polar surface area (TPSA) is 73.4 Å². The summed E-state index contributed by atoms with van der Waals surface area (Å²) in [5.74, 6) is -0.809. The summed E-state index contributed by atoms with van der Waals surface area (Å²) < 4.78 is 52.8. The molecule has 158 valence electrons. The predicted octanol–water partition coefficient (Wildman–Crippen LogP) is 2.92. The van der Waals surface area contributed by atoms with Crippen molar-refractivity contribution in [3.8, 4) is 0 Å². The number of carbonyl (C=O) groups excluding carboxylic acids is 1. The molecule has 0 saturated carbocycles. The van der Waals surface area contributed by atoms with Gasteiger partial charge in [0.1, 0.15) is 0 Å². The van der Waals surface area contributed by atoms with Crippen LogP contribution in [-0.2, 0) is 6.18 Å². The van der Waals surface area contributed by atoms with Crippen molar-refractivity contribution in [3.05, 3.63) is 64.5 Å². The molecule has 11 heteroatoms. The largest absolute Gasteiger partial charge is 0.416 e. The third-order valence-corrected chi connectivity index (χ3v) is 5.22. The second-order valence-electron chi connectivity index (χ2n) is 7.16. The van der Waals surface area contributed by atoms with Gasteiger partial charge in [-0.15, -0.1) is 5.53 Å². The van der Waals surface area contributed by atoms with E-state index >= 15 is 0 Å². The number of aromatic nitrogens is 2. The second kappa shape index (κ2) is 7.24. The van der Waals surface area contributed by atoms with Crippen LogP contribution in [-0.4, -0.2) is 33.4 Å². The molecule has 0 aliphatic carbocycles. The Morgan fingerprint density at radius 2 is 1.93 bits per heavy atom. The van der Waals surface area contributed by atoms with Crippen LogP contribution in [0.2, 0.25) is 0 Å². The summed E-state index contributed by atoms with van der Waals surface area (Å²) in [6.07, 6.45) is -2.04. The fraction of sp³-hybridized carbons (Fsp3) is 0.316. The second-order valence-corrected chi connectivity index (χ2v) is 7.16. The lowest BCUT2D eigenvalue weighted by Crippen LogP contribution is -2.45. The van der Waals surface area contributed by atoms with Gasteiger partial charge in [0.2, 0.25) is 5.95 Å². The summed E-state index contributed by atoms with van der Waals surface area (Å²) in [5, 5.41) is 1.56. The van der Waals surface area contributed by atoms with Crippen molar-refractivity contribution in [2.24, 2.45) is 0 Å². The fourth-order valence-electron chi connectivity index (χ4n) is 3.65. The number of anilines is 1. The van der Waals surface area contributed by atoms with Crippen LogP contribution in [0.25, 0.3) is 0 Å². The fourth-order valence-corrected chi connectivity index (χ4v) is 3.65. The molecule has 2 aliphatic heterocycles. The maximum Gasteiger partial charge on any atom is 0.416 e. The van der Waals surface area contributed by atoms with Gasteiger partial charge in [-0.3, -0.25) is 4.79 Å². The Bertz CT molecular complexity index is 1020. The molecule has 1 aromatic heterocycles. The van der Waals surface area contributed by atoms with Crippen molar-refractivity contribution < 1.29 is 22.4 Å². The van der Waals surface area contributed by atoms with Crippen molar-refractivity contribution >= 4 is 11.9 Å². The summed E-state index contributed by atoms with van der Waals surface area (Å²) in [4.78, 5) is 22.5. The number of carbonyl (C=O) groups is 1. The van der Waals surface area contributed by atoms with E-state index in [9.17, 15) is 22.4 Å². The molecule has 7 nitrogen and oxygen atoms in total. The SMILES string of the molecule is Cc1c(C(=O)N2CC3=C(CC2C)N(c2ncc(F)cn2)NN3)cccc1C(F)(F)F. The Balaban J connectivity index is 1.61. The van der Waals surface area contributed by atoms with Crippen molar-refractivity contribution in [1.82, 2.24) is 25.8 Å². The lowest BCUT2D eigenvalue weighted by atomic mass is 9.98. The summed E-state index contributed by atoms with van der Waals surface area (Å²) in [7, 11) is 0. The number of amides is 1. The van der Waals surface area contributed by atoms with Gasteiger partial charge in [-0.05, 0) is 31.5 Å². The molecular weight excluding hydrogens is 404 g/mol. The number of halogens is 4. The molecule has 2 aromatic rings. The van der Waals surface area contributed by atoms with E-state index in [1.165, 1.54) is 24.0 Å². The van der Waals surface area contributed by atoms with Crippen LogP contribution >= 0.6 is 0 Å².